The number of halogens is 1. The summed E-state index contributed by atoms with van der Waals surface area (Å²) in [5.41, 5.74) is 1.45. The minimum Gasteiger partial charge on any atom is -0.324 e. The van der Waals surface area contributed by atoms with E-state index in [0.717, 1.165) is 24.8 Å². The number of carbonyl (C=O) groups is 3. The van der Waals surface area contributed by atoms with Gasteiger partial charge in [-0.15, -0.1) is 0 Å². The summed E-state index contributed by atoms with van der Waals surface area (Å²) < 4.78 is 0. The lowest BCUT2D eigenvalue weighted by Gasteiger charge is -2.27. The number of amides is 3. The molecule has 3 amide bonds. The second kappa shape index (κ2) is 7.55. The van der Waals surface area contributed by atoms with E-state index in [2.05, 4.69) is 5.32 Å². The largest absolute Gasteiger partial charge is 0.324 e. The average molecular weight is 423 g/mol. The zero-order valence-electron chi connectivity index (χ0n) is 16.5. The Bertz CT molecular complexity index is 981. The summed E-state index contributed by atoms with van der Waals surface area (Å²) in [5.74, 6) is -0.611. The molecule has 0 radical (unpaired) electrons. The summed E-state index contributed by atoms with van der Waals surface area (Å²) in [6.45, 7) is 0. The Morgan fingerprint density at radius 2 is 1.67 bits per heavy atom. The van der Waals surface area contributed by atoms with Crippen molar-refractivity contribution in [3.63, 3.8) is 0 Å². The van der Waals surface area contributed by atoms with Gasteiger partial charge in [-0.2, -0.15) is 0 Å². The highest BCUT2D eigenvalue weighted by Gasteiger charge is 2.62. The molecule has 1 aliphatic heterocycles. The molecule has 3 aliphatic rings. The van der Waals surface area contributed by atoms with Gasteiger partial charge in [0.1, 0.15) is 6.04 Å². The number of carbonyl (C=O) groups excluding carboxylic acids is 3. The Hall–Kier alpha value is -2.66. The van der Waals surface area contributed by atoms with E-state index in [9.17, 15) is 14.4 Å². The third-order valence-corrected chi connectivity index (χ3v) is 7.18. The standard InChI is InChI=1S/C24H23ClN2O3/c25-17-7-4-8-18(13-17)26-22(28)19(11-14-5-2-1-3-6-14)27-23(29)20-15-9-10-16(12-15)21(20)24(27)30/h1-8,13,15-16,19-21H,9-12H2,(H,26,28). The van der Waals surface area contributed by atoms with Crippen LogP contribution in [0.5, 0.6) is 0 Å². The lowest BCUT2D eigenvalue weighted by Crippen LogP contribution is -2.49. The minimum absolute atomic E-state index is 0.167. The van der Waals surface area contributed by atoms with E-state index in [1.807, 2.05) is 30.3 Å². The van der Waals surface area contributed by atoms with E-state index < -0.39 is 6.04 Å². The monoisotopic (exact) mass is 422 g/mol. The topological polar surface area (TPSA) is 66.5 Å². The van der Waals surface area contributed by atoms with Crippen LogP contribution in [-0.4, -0.2) is 28.7 Å². The van der Waals surface area contributed by atoms with E-state index in [4.69, 9.17) is 11.6 Å². The fourth-order valence-corrected chi connectivity index (χ4v) is 5.86. The SMILES string of the molecule is O=C(Nc1cccc(Cl)c1)C(Cc1ccccc1)N1C(=O)C2C3CCC(C3)C2C1=O. The number of fused-ring (bicyclic) bond motifs is 5. The van der Waals surface area contributed by atoms with Gasteiger partial charge in [0, 0.05) is 17.1 Å². The summed E-state index contributed by atoms with van der Waals surface area (Å²) in [7, 11) is 0. The number of hydrogen-bond donors (Lipinski definition) is 1. The summed E-state index contributed by atoms with van der Waals surface area (Å²) in [5, 5.41) is 3.36. The van der Waals surface area contributed by atoms with Crippen LogP contribution in [0.3, 0.4) is 0 Å². The maximum absolute atomic E-state index is 13.3. The van der Waals surface area contributed by atoms with Crippen LogP contribution in [0.15, 0.2) is 54.6 Å². The zero-order valence-corrected chi connectivity index (χ0v) is 17.2. The molecular formula is C24H23ClN2O3. The Labute approximate surface area is 180 Å². The third-order valence-electron chi connectivity index (χ3n) is 6.94. The predicted molar refractivity (Wildman–Crippen MR) is 114 cm³/mol. The van der Waals surface area contributed by atoms with Crippen molar-refractivity contribution in [1.82, 2.24) is 4.90 Å². The Morgan fingerprint density at radius 1 is 1.00 bits per heavy atom. The first-order chi connectivity index (χ1) is 14.5. The highest BCUT2D eigenvalue weighted by molar-refractivity contribution is 6.30. The zero-order chi connectivity index (χ0) is 20.8. The molecule has 2 aliphatic carbocycles. The molecule has 2 aromatic rings. The lowest BCUT2D eigenvalue weighted by molar-refractivity contribution is -0.147. The molecule has 1 saturated heterocycles. The molecule has 0 aromatic heterocycles. The van der Waals surface area contributed by atoms with Crippen molar-refractivity contribution in [3.8, 4) is 0 Å². The average Bonchev–Trinajstić information content (AvgIpc) is 3.41. The Morgan fingerprint density at radius 3 is 2.30 bits per heavy atom. The van der Waals surface area contributed by atoms with Crippen molar-refractivity contribution in [3.05, 3.63) is 65.2 Å². The molecule has 6 heteroatoms. The van der Waals surface area contributed by atoms with Gasteiger partial charge in [-0.3, -0.25) is 19.3 Å². The van der Waals surface area contributed by atoms with Crippen molar-refractivity contribution in [2.45, 2.75) is 31.7 Å². The molecule has 30 heavy (non-hydrogen) atoms. The molecule has 154 valence electrons. The molecule has 1 heterocycles. The van der Waals surface area contributed by atoms with Crippen LogP contribution >= 0.6 is 11.6 Å². The van der Waals surface area contributed by atoms with Crippen molar-refractivity contribution in [2.24, 2.45) is 23.7 Å². The number of nitrogens with zero attached hydrogens (tertiary/aromatic N) is 1. The maximum atomic E-state index is 13.3. The number of hydrogen-bond acceptors (Lipinski definition) is 3. The Kier molecular flexibility index (Phi) is 4.86. The highest BCUT2D eigenvalue weighted by atomic mass is 35.5. The number of rotatable bonds is 5. The van der Waals surface area contributed by atoms with Crippen LogP contribution in [0, 0.1) is 23.7 Å². The van der Waals surface area contributed by atoms with Gasteiger partial charge in [0.15, 0.2) is 0 Å². The van der Waals surface area contributed by atoms with Crippen LogP contribution < -0.4 is 5.32 Å². The van der Waals surface area contributed by atoms with E-state index in [0.29, 0.717) is 17.1 Å². The molecule has 2 saturated carbocycles. The number of anilines is 1. The number of benzene rings is 2. The highest BCUT2D eigenvalue weighted by Crippen LogP contribution is 2.56. The van der Waals surface area contributed by atoms with Crippen LogP contribution in [0.25, 0.3) is 0 Å². The van der Waals surface area contributed by atoms with Gasteiger partial charge >= 0.3 is 0 Å². The smallest absolute Gasteiger partial charge is 0.248 e. The molecule has 1 N–H and O–H groups in total. The van der Waals surface area contributed by atoms with Gasteiger partial charge in [0.25, 0.3) is 0 Å². The van der Waals surface area contributed by atoms with Crippen molar-refractivity contribution in [2.75, 3.05) is 5.32 Å². The van der Waals surface area contributed by atoms with E-state index in [-0.39, 0.29) is 41.4 Å². The molecule has 2 aromatic carbocycles. The van der Waals surface area contributed by atoms with Gasteiger partial charge in [-0.1, -0.05) is 48.0 Å². The van der Waals surface area contributed by atoms with E-state index in [1.165, 1.54) is 4.90 Å². The summed E-state index contributed by atoms with van der Waals surface area (Å²) in [6, 6.07) is 15.5. The second-order valence-corrected chi connectivity index (χ2v) is 9.07. The molecule has 0 spiro atoms. The van der Waals surface area contributed by atoms with Crippen molar-refractivity contribution >= 4 is 35.0 Å². The van der Waals surface area contributed by atoms with Crippen LogP contribution in [0.4, 0.5) is 5.69 Å². The number of nitrogens with one attached hydrogen (secondary N) is 1. The van der Waals surface area contributed by atoms with Crippen molar-refractivity contribution in [1.29, 1.82) is 0 Å². The second-order valence-electron chi connectivity index (χ2n) is 8.64. The summed E-state index contributed by atoms with van der Waals surface area (Å²) in [6.07, 6.45) is 3.28. The van der Waals surface area contributed by atoms with Gasteiger partial charge in [0.2, 0.25) is 17.7 Å². The quantitative estimate of drug-likeness (QED) is 0.742. The van der Waals surface area contributed by atoms with Gasteiger partial charge in [-0.25, -0.2) is 0 Å². The molecule has 5 unspecified atom stereocenters. The van der Waals surface area contributed by atoms with Crippen molar-refractivity contribution < 1.29 is 14.4 Å². The molecular weight excluding hydrogens is 400 g/mol. The molecule has 2 bridgehead atoms. The van der Waals surface area contributed by atoms with Crippen LogP contribution in [0.1, 0.15) is 24.8 Å². The number of likely N-dealkylation sites (tertiary alicyclic amines) is 1. The minimum atomic E-state index is -0.878. The first kappa shape index (κ1) is 19.3. The van der Waals surface area contributed by atoms with Gasteiger partial charge in [-0.05, 0) is 54.9 Å². The lowest BCUT2D eigenvalue weighted by atomic mass is 9.81. The van der Waals surface area contributed by atoms with Crippen LogP contribution in [0.2, 0.25) is 5.02 Å². The first-order valence-electron chi connectivity index (χ1n) is 10.5. The normalized spacial score (nSPS) is 28.0. The summed E-state index contributed by atoms with van der Waals surface area (Å²) >= 11 is 6.04. The first-order valence-corrected chi connectivity index (χ1v) is 10.9. The fraction of sp³-hybridized carbons (Fsp3) is 0.375. The number of imide groups is 1. The van der Waals surface area contributed by atoms with E-state index in [1.54, 1.807) is 24.3 Å². The van der Waals surface area contributed by atoms with E-state index >= 15 is 0 Å². The molecule has 5 rings (SSSR count). The Balaban J connectivity index is 1.46. The fourth-order valence-electron chi connectivity index (χ4n) is 5.67. The third kappa shape index (κ3) is 3.21. The predicted octanol–water partition coefficient (Wildman–Crippen LogP) is 3.92. The van der Waals surface area contributed by atoms with Gasteiger partial charge < -0.3 is 5.32 Å². The van der Waals surface area contributed by atoms with Crippen LogP contribution in [-0.2, 0) is 20.8 Å². The molecule has 5 nitrogen and oxygen atoms in total. The summed E-state index contributed by atoms with van der Waals surface area (Å²) in [4.78, 5) is 41.2. The maximum Gasteiger partial charge on any atom is 0.248 e. The van der Waals surface area contributed by atoms with Gasteiger partial charge in [0.05, 0.1) is 11.8 Å². The molecule has 5 atom stereocenters. The molecule has 3 fully saturated rings.